The minimum Gasteiger partial charge on any atom is -0.468 e. The molecule has 5 heteroatoms. The van der Waals surface area contributed by atoms with Crippen molar-refractivity contribution in [1.29, 1.82) is 0 Å². The molecule has 0 aromatic rings. The Morgan fingerprint density at radius 2 is 1.07 bits per heavy atom. The minimum atomic E-state index is -0.710. The summed E-state index contributed by atoms with van der Waals surface area (Å²) in [7, 11) is 4.84. The molecule has 1 saturated heterocycles. The Labute approximate surface area is 172 Å². The molecular formula is C23H43NO4. The van der Waals surface area contributed by atoms with Gasteiger partial charge in [-0.1, -0.05) is 78.1 Å². The van der Waals surface area contributed by atoms with Crippen molar-refractivity contribution in [3.8, 4) is 0 Å². The lowest BCUT2D eigenvalue weighted by Gasteiger charge is -2.41. The van der Waals surface area contributed by atoms with Crippen LogP contribution in [-0.2, 0) is 19.1 Å². The summed E-state index contributed by atoms with van der Waals surface area (Å²) in [6.45, 7) is 4.40. The van der Waals surface area contributed by atoms with Crippen molar-refractivity contribution >= 4 is 11.9 Å². The Balaban J connectivity index is 2.93. The molecular weight excluding hydrogens is 354 g/mol. The number of rotatable bonds is 14. The average Bonchev–Trinajstić information content (AvgIpc) is 3.00. The van der Waals surface area contributed by atoms with Crippen LogP contribution in [0.2, 0.25) is 0 Å². The van der Waals surface area contributed by atoms with Crippen LogP contribution in [-0.4, -0.2) is 49.2 Å². The smallest absolute Gasteiger partial charge is 0.326 e. The fraction of sp³-hybridized carbons (Fsp3) is 0.913. The number of carbonyl (C=O) groups excluding carboxylic acids is 2. The monoisotopic (exact) mass is 397 g/mol. The SMILES string of the molecule is CCCCCCCC1(C(=O)OC)CCC(CCCCCCC)(C(=O)OC)N1C. The first kappa shape index (κ1) is 24.9. The van der Waals surface area contributed by atoms with Crippen molar-refractivity contribution in [2.75, 3.05) is 21.3 Å². The summed E-state index contributed by atoms with van der Waals surface area (Å²) >= 11 is 0. The fourth-order valence-corrected chi connectivity index (χ4v) is 4.85. The lowest BCUT2D eigenvalue weighted by atomic mass is 9.89. The van der Waals surface area contributed by atoms with Crippen LogP contribution in [0.5, 0.6) is 0 Å². The normalized spacial score (nSPS) is 25.0. The van der Waals surface area contributed by atoms with E-state index in [9.17, 15) is 9.59 Å². The highest BCUT2D eigenvalue weighted by Crippen LogP contribution is 2.47. The average molecular weight is 398 g/mol. The van der Waals surface area contributed by atoms with Gasteiger partial charge in [0.1, 0.15) is 11.1 Å². The van der Waals surface area contributed by atoms with Crippen molar-refractivity contribution < 1.29 is 19.1 Å². The van der Waals surface area contributed by atoms with Crippen LogP contribution < -0.4 is 0 Å². The van der Waals surface area contributed by atoms with E-state index in [-0.39, 0.29) is 11.9 Å². The third-order valence-electron chi connectivity index (χ3n) is 6.75. The second-order valence-corrected chi connectivity index (χ2v) is 8.43. The summed E-state index contributed by atoms with van der Waals surface area (Å²) in [5, 5.41) is 0. The van der Waals surface area contributed by atoms with Gasteiger partial charge in [-0.2, -0.15) is 0 Å². The fourth-order valence-electron chi connectivity index (χ4n) is 4.85. The van der Waals surface area contributed by atoms with Crippen molar-refractivity contribution in [1.82, 2.24) is 4.90 Å². The summed E-state index contributed by atoms with van der Waals surface area (Å²) in [4.78, 5) is 27.8. The molecule has 1 aliphatic heterocycles. The maximum absolute atomic E-state index is 12.9. The zero-order chi connectivity index (χ0) is 21.0. The van der Waals surface area contributed by atoms with Crippen molar-refractivity contribution in [3.63, 3.8) is 0 Å². The quantitative estimate of drug-likeness (QED) is 0.296. The summed E-state index contributed by atoms with van der Waals surface area (Å²) in [6.07, 6.45) is 14.2. The van der Waals surface area contributed by atoms with Crippen LogP contribution in [0.25, 0.3) is 0 Å². The van der Waals surface area contributed by atoms with E-state index in [1.807, 2.05) is 11.9 Å². The Bertz CT molecular complexity index is 439. The molecule has 0 aliphatic carbocycles. The molecule has 0 radical (unpaired) electrons. The number of hydrogen-bond acceptors (Lipinski definition) is 5. The molecule has 0 saturated carbocycles. The lowest BCUT2D eigenvalue weighted by molar-refractivity contribution is -0.163. The highest BCUT2D eigenvalue weighted by Gasteiger charge is 2.60. The number of nitrogens with zero attached hydrogens (tertiary/aromatic N) is 1. The second kappa shape index (κ2) is 12.5. The van der Waals surface area contributed by atoms with Crippen LogP contribution in [0.1, 0.15) is 104 Å². The van der Waals surface area contributed by atoms with Crippen LogP contribution in [0.15, 0.2) is 0 Å². The highest BCUT2D eigenvalue weighted by atomic mass is 16.5. The van der Waals surface area contributed by atoms with E-state index in [2.05, 4.69) is 13.8 Å². The molecule has 164 valence electrons. The molecule has 28 heavy (non-hydrogen) atoms. The molecule has 0 bridgehead atoms. The van der Waals surface area contributed by atoms with Gasteiger partial charge in [0.25, 0.3) is 0 Å². The van der Waals surface area contributed by atoms with E-state index >= 15 is 0 Å². The third kappa shape index (κ3) is 5.71. The molecule has 1 aliphatic rings. The molecule has 0 aromatic heterocycles. The van der Waals surface area contributed by atoms with Gasteiger partial charge in [-0.15, -0.1) is 0 Å². The summed E-state index contributed by atoms with van der Waals surface area (Å²) in [5.74, 6) is -0.412. The Kier molecular flexibility index (Phi) is 11.1. The predicted octanol–water partition coefficient (Wildman–Crippen LogP) is 5.26. The number of hydrogen-bond donors (Lipinski definition) is 0. The van der Waals surface area contributed by atoms with Gasteiger partial charge in [0.15, 0.2) is 0 Å². The first-order chi connectivity index (χ1) is 13.4. The van der Waals surface area contributed by atoms with Gasteiger partial charge in [-0.3, -0.25) is 14.5 Å². The highest BCUT2D eigenvalue weighted by molar-refractivity contribution is 5.87. The molecule has 1 fully saturated rings. The van der Waals surface area contributed by atoms with Gasteiger partial charge in [-0.05, 0) is 32.7 Å². The van der Waals surface area contributed by atoms with Crippen LogP contribution >= 0.6 is 0 Å². The number of likely N-dealkylation sites (tertiary alicyclic amines) is 1. The van der Waals surface area contributed by atoms with E-state index in [1.165, 1.54) is 52.7 Å². The van der Waals surface area contributed by atoms with E-state index in [0.717, 1.165) is 38.5 Å². The van der Waals surface area contributed by atoms with Gasteiger partial charge >= 0.3 is 11.9 Å². The van der Waals surface area contributed by atoms with Gasteiger partial charge in [-0.25, -0.2) is 0 Å². The standard InChI is InChI=1S/C23H43NO4/c1-6-8-10-12-14-16-22(20(25)27-4)18-19-23(24(22)3,21(26)28-5)17-15-13-11-9-7-2/h6-19H2,1-5H3. The molecule has 2 atom stereocenters. The molecule has 0 spiro atoms. The molecule has 1 rings (SSSR count). The maximum atomic E-state index is 12.9. The summed E-state index contributed by atoms with van der Waals surface area (Å²) < 4.78 is 10.4. The van der Waals surface area contributed by atoms with Crippen molar-refractivity contribution in [3.05, 3.63) is 0 Å². The van der Waals surface area contributed by atoms with Gasteiger partial charge in [0, 0.05) is 0 Å². The zero-order valence-corrected chi connectivity index (χ0v) is 19.0. The van der Waals surface area contributed by atoms with E-state index in [0.29, 0.717) is 12.8 Å². The summed E-state index contributed by atoms with van der Waals surface area (Å²) in [5.41, 5.74) is -1.42. The van der Waals surface area contributed by atoms with Gasteiger partial charge in [0.2, 0.25) is 0 Å². The minimum absolute atomic E-state index is 0.206. The van der Waals surface area contributed by atoms with Crippen LogP contribution in [0, 0.1) is 0 Å². The first-order valence-electron chi connectivity index (χ1n) is 11.4. The molecule has 5 nitrogen and oxygen atoms in total. The Morgan fingerprint density at radius 3 is 1.39 bits per heavy atom. The van der Waals surface area contributed by atoms with Crippen molar-refractivity contribution in [2.45, 2.75) is 115 Å². The van der Waals surface area contributed by atoms with E-state index in [4.69, 9.17) is 9.47 Å². The number of methoxy groups -OCH3 is 2. The number of likely N-dealkylation sites (N-methyl/N-ethyl adjacent to an activating group) is 1. The zero-order valence-electron chi connectivity index (χ0n) is 19.0. The summed E-state index contributed by atoms with van der Waals surface area (Å²) in [6, 6.07) is 0. The third-order valence-corrected chi connectivity index (χ3v) is 6.75. The number of ether oxygens (including phenoxy) is 2. The van der Waals surface area contributed by atoms with Crippen LogP contribution in [0.3, 0.4) is 0 Å². The van der Waals surface area contributed by atoms with Crippen LogP contribution in [0.4, 0.5) is 0 Å². The van der Waals surface area contributed by atoms with E-state index in [1.54, 1.807) is 0 Å². The Morgan fingerprint density at radius 1 is 0.714 bits per heavy atom. The van der Waals surface area contributed by atoms with E-state index < -0.39 is 11.1 Å². The van der Waals surface area contributed by atoms with Gasteiger partial charge in [0.05, 0.1) is 14.2 Å². The molecule has 0 amide bonds. The molecule has 2 unspecified atom stereocenters. The molecule has 1 heterocycles. The Hall–Kier alpha value is -1.10. The second-order valence-electron chi connectivity index (χ2n) is 8.43. The number of carbonyl (C=O) groups is 2. The number of esters is 2. The largest absolute Gasteiger partial charge is 0.468 e. The lowest BCUT2D eigenvalue weighted by Crippen LogP contribution is -2.59. The number of unbranched alkanes of at least 4 members (excludes halogenated alkanes) is 8. The molecule has 0 N–H and O–H groups in total. The first-order valence-corrected chi connectivity index (χ1v) is 11.4. The predicted molar refractivity (Wildman–Crippen MR) is 113 cm³/mol. The molecule has 0 aromatic carbocycles. The maximum Gasteiger partial charge on any atom is 0.326 e. The van der Waals surface area contributed by atoms with Crippen molar-refractivity contribution in [2.24, 2.45) is 0 Å². The van der Waals surface area contributed by atoms with Gasteiger partial charge < -0.3 is 9.47 Å². The topological polar surface area (TPSA) is 55.8 Å².